The maximum Gasteiger partial charge on any atom is 0.00354 e. The van der Waals surface area contributed by atoms with Gasteiger partial charge in [0.05, 0.1) is 0 Å². The van der Waals surface area contributed by atoms with Crippen molar-refractivity contribution in [2.75, 3.05) is 32.7 Å². The van der Waals surface area contributed by atoms with E-state index in [0.29, 0.717) is 5.41 Å². The van der Waals surface area contributed by atoms with Gasteiger partial charge in [0.2, 0.25) is 0 Å². The van der Waals surface area contributed by atoms with E-state index in [1.165, 1.54) is 71.2 Å². The lowest BCUT2D eigenvalue weighted by atomic mass is 9.75. The molecule has 0 amide bonds. The van der Waals surface area contributed by atoms with E-state index >= 15 is 0 Å². The van der Waals surface area contributed by atoms with Crippen molar-refractivity contribution in [3.8, 4) is 0 Å². The molecule has 112 valence electrons. The number of nitrogens with one attached hydrogen (secondary N) is 1. The standard InChI is InChI=1S/C17H34N2/c1-15(2)11-18-12-16-7-10-19(13-16)14-17(3)8-5-4-6-9-17/h15-16,18H,4-14H2,1-3H3. The van der Waals surface area contributed by atoms with Crippen LogP contribution in [-0.2, 0) is 0 Å². The van der Waals surface area contributed by atoms with Crippen molar-refractivity contribution in [1.82, 2.24) is 10.2 Å². The van der Waals surface area contributed by atoms with Gasteiger partial charge in [-0.25, -0.2) is 0 Å². The molecule has 0 bridgehead atoms. The van der Waals surface area contributed by atoms with Crippen LogP contribution in [0, 0.1) is 17.3 Å². The predicted molar refractivity (Wildman–Crippen MR) is 83.4 cm³/mol. The van der Waals surface area contributed by atoms with Crippen LogP contribution in [0.5, 0.6) is 0 Å². The topological polar surface area (TPSA) is 15.3 Å². The van der Waals surface area contributed by atoms with Crippen molar-refractivity contribution < 1.29 is 0 Å². The Morgan fingerprint density at radius 1 is 1.21 bits per heavy atom. The van der Waals surface area contributed by atoms with Gasteiger partial charge in [-0.15, -0.1) is 0 Å². The molecular weight excluding hydrogens is 232 g/mol. The van der Waals surface area contributed by atoms with Crippen molar-refractivity contribution in [2.45, 2.75) is 59.3 Å². The maximum absolute atomic E-state index is 3.63. The van der Waals surface area contributed by atoms with Crippen LogP contribution in [0.3, 0.4) is 0 Å². The summed E-state index contributed by atoms with van der Waals surface area (Å²) in [4.78, 5) is 2.74. The van der Waals surface area contributed by atoms with Crippen LogP contribution in [-0.4, -0.2) is 37.6 Å². The van der Waals surface area contributed by atoms with Crippen LogP contribution < -0.4 is 5.32 Å². The third-order valence-corrected chi connectivity index (χ3v) is 5.02. The van der Waals surface area contributed by atoms with Gasteiger partial charge in [0, 0.05) is 13.1 Å². The highest BCUT2D eigenvalue weighted by molar-refractivity contribution is 4.86. The first-order chi connectivity index (χ1) is 9.07. The van der Waals surface area contributed by atoms with E-state index in [0.717, 1.165) is 11.8 Å². The number of rotatable bonds is 6. The van der Waals surface area contributed by atoms with Crippen LogP contribution in [0.25, 0.3) is 0 Å². The van der Waals surface area contributed by atoms with Gasteiger partial charge in [0.25, 0.3) is 0 Å². The normalized spacial score (nSPS) is 28.1. The van der Waals surface area contributed by atoms with Crippen LogP contribution in [0.2, 0.25) is 0 Å². The highest BCUT2D eigenvalue weighted by Crippen LogP contribution is 2.37. The largest absolute Gasteiger partial charge is 0.316 e. The molecular formula is C17H34N2. The minimum atomic E-state index is 0.624. The first-order valence-electron chi connectivity index (χ1n) is 8.50. The number of hydrogen-bond acceptors (Lipinski definition) is 2. The summed E-state index contributed by atoms with van der Waals surface area (Å²) in [5, 5.41) is 3.63. The van der Waals surface area contributed by atoms with Crippen molar-refractivity contribution >= 4 is 0 Å². The monoisotopic (exact) mass is 266 g/mol. The second-order valence-corrected chi connectivity index (χ2v) is 7.81. The molecule has 1 N–H and O–H groups in total. The zero-order valence-electron chi connectivity index (χ0n) is 13.4. The molecule has 2 nitrogen and oxygen atoms in total. The molecule has 19 heavy (non-hydrogen) atoms. The quantitative estimate of drug-likeness (QED) is 0.791. The van der Waals surface area contributed by atoms with Gasteiger partial charge in [0.1, 0.15) is 0 Å². The molecule has 0 aromatic carbocycles. The van der Waals surface area contributed by atoms with E-state index in [4.69, 9.17) is 0 Å². The highest BCUT2D eigenvalue weighted by Gasteiger charge is 2.32. The summed E-state index contributed by atoms with van der Waals surface area (Å²) in [6, 6.07) is 0. The van der Waals surface area contributed by atoms with Gasteiger partial charge in [-0.1, -0.05) is 40.0 Å². The van der Waals surface area contributed by atoms with Crippen LogP contribution >= 0.6 is 0 Å². The molecule has 1 heterocycles. The Hall–Kier alpha value is -0.0800. The Morgan fingerprint density at radius 2 is 1.95 bits per heavy atom. The maximum atomic E-state index is 3.63. The minimum Gasteiger partial charge on any atom is -0.316 e. The average molecular weight is 266 g/mol. The second-order valence-electron chi connectivity index (χ2n) is 7.81. The molecule has 0 spiro atoms. The fraction of sp³-hybridized carbons (Fsp3) is 1.00. The van der Waals surface area contributed by atoms with E-state index in [2.05, 4.69) is 31.0 Å². The van der Waals surface area contributed by atoms with E-state index < -0.39 is 0 Å². The van der Waals surface area contributed by atoms with E-state index in [1.54, 1.807) is 0 Å². The molecule has 0 aromatic heterocycles. The minimum absolute atomic E-state index is 0.624. The lowest BCUT2D eigenvalue weighted by Gasteiger charge is -2.37. The molecule has 2 fully saturated rings. The molecule has 2 heteroatoms. The number of likely N-dealkylation sites (tertiary alicyclic amines) is 1. The third-order valence-electron chi connectivity index (χ3n) is 5.02. The fourth-order valence-corrected chi connectivity index (χ4v) is 3.90. The molecule has 1 atom stereocenters. The Balaban J connectivity index is 1.66. The summed E-state index contributed by atoms with van der Waals surface area (Å²) >= 11 is 0. The Morgan fingerprint density at radius 3 is 2.63 bits per heavy atom. The lowest BCUT2D eigenvalue weighted by molar-refractivity contribution is 0.136. The summed E-state index contributed by atoms with van der Waals surface area (Å²) in [6.45, 7) is 13.5. The van der Waals surface area contributed by atoms with Gasteiger partial charge < -0.3 is 10.2 Å². The first-order valence-corrected chi connectivity index (χ1v) is 8.50. The third kappa shape index (κ3) is 5.07. The molecule has 1 aliphatic heterocycles. The van der Waals surface area contributed by atoms with Crippen LogP contribution in [0.1, 0.15) is 59.3 Å². The van der Waals surface area contributed by atoms with Crippen LogP contribution in [0.15, 0.2) is 0 Å². The molecule has 1 aliphatic carbocycles. The van der Waals surface area contributed by atoms with E-state index in [1.807, 2.05) is 0 Å². The zero-order valence-corrected chi connectivity index (χ0v) is 13.4. The van der Waals surface area contributed by atoms with Crippen molar-refractivity contribution in [3.63, 3.8) is 0 Å². The van der Waals surface area contributed by atoms with E-state index in [-0.39, 0.29) is 0 Å². The zero-order chi connectivity index (χ0) is 13.7. The molecule has 1 unspecified atom stereocenters. The molecule has 0 aromatic rings. The molecule has 1 saturated carbocycles. The van der Waals surface area contributed by atoms with Crippen molar-refractivity contribution in [2.24, 2.45) is 17.3 Å². The molecule has 2 aliphatic rings. The highest BCUT2D eigenvalue weighted by atomic mass is 15.2. The van der Waals surface area contributed by atoms with Gasteiger partial charge >= 0.3 is 0 Å². The van der Waals surface area contributed by atoms with Gasteiger partial charge in [0.15, 0.2) is 0 Å². The van der Waals surface area contributed by atoms with Gasteiger partial charge in [-0.05, 0) is 56.1 Å². The summed E-state index contributed by atoms with van der Waals surface area (Å²) in [6.07, 6.45) is 8.71. The van der Waals surface area contributed by atoms with Gasteiger partial charge in [-0.2, -0.15) is 0 Å². The summed E-state index contributed by atoms with van der Waals surface area (Å²) in [5.74, 6) is 1.67. The smallest absolute Gasteiger partial charge is 0.00354 e. The number of hydrogen-bond donors (Lipinski definition) is 1. The Kier molecular flexibility index (Phi) is 5.70. The fourth-order valence-electron chi connectivity index (χ4n) is 3.90. The van der Waals surface area contributed by atoms with Crippen molar-refractivity contribution in [3.05, 3.63) is 0 Å². The van der Waals surface area contributed by atoms with Crippen LogP contribution in [0.4, 0.5) is 0 Å². The first kappa shape index (κ1) is 15.3. The Bertz CT molecular complexity index is 256. The average Bonchev–Trinajstić information content (AvgIpc) is 2.76. The summed E-state index contributed by atoms with van der Waals surface area (Å²) < 4.78 is 0. The molecule has 1 saturated heterocycles. The summed E-state index contributed by atoms with van der Waals surface area (Å²) in [7, 11) is 0. The lowest BCUT2D eigenvalue weighted by Crippen LogP contribution is -2.37. The molecule has 0 radical (unpaired) electrons. The predicted octanol–water partition coefficient (Wildman–Crippen LogP) is 3.52. The number of nitrogens with zero attached hydrogens (tertiary/aromatic N) is 1. The Labute approximate surface area is 120 Å². The molecule has 2 rings (SSSR count). The second kappa shape index (κ2) is 7.08. The van der Waals surface area contributed by atoms with Gasteiger partial charge in [-0.3, -0.25) is 0 Å². The van der Waals surface area contributed by atoms with Crippen molar-refractivity contribution in [1.29, 1.82) is 0 Å². The summed E-state index contributed by atoms with van der Waals surface area (Å²) in [5.41, 5.74) is 0.624. The van der Waals surface area contributed by atoms with E-state index in [9.17, 15) is 0 Å². The SMILES string of the molecule is CC(C)CNCC1CCN(CC2(C)CCCCC2)C1.